The Kier molecular flexibility index (Phi) is 2.15. The van der Waals surface area contributed by atoms with Gasteiger partial charge in [-0.1, -0.05) is 5.92 Å². The topological polar surface area (TPSA) is 70.3 Å². The average molecular weight is 139 g/mol. The highest BCUT2D eigenvalue weighted by atomic mass is 16.2. The second kappa shape index (κ2) is 3.11. The number of rotatable bonds is 0. The Morgan fingerprint density at radius 3 is 3.10 bits per heavy atom. The van der Waals surface area contributed by atoms with Crippen LogP contribution in [0.3, 0.4) is 0 Å². The summed E-state index contributed by atoms with van der Waals surface area (Å²) in [4.78, 5) is 0. The number of nitrogens with one attached hydrogen (secondary N) is 2. The van der Waals surface area contributed by atoms with Crippen molar-refractivity contribution in [3.05, 3.63) is 11.9 Å². The van der Waals surface area contributed by atoms with E-state index < -0.39 is 0 Å². The Hall–Kier alpha value is -1.18. The van der Waals surface area contributed by atoms with E-state index in [-0.39, 0.29) is 12.9 Å². The van der Waals surface area contributed by atoms with Crippen LogP contribution in [0.1, 0.15) is 0 Å². The normalized spacial score (nSPS) is 21.8. The third-order valence-electron chi connectivity index (χ3n) is 1.02. The van der Waals surface area contributed by atoms with Gasteiger partial charge < -0.3 is 15.7 Å². The number of hydrogen-bond acceptors (Lipinski definition) is 4. The van der Waals surface area contributed by atoms with Crippen molar-refractivity contribution in [2.75, 3.05) is 6.61 Å². The van der Waals surface area contributed by atoms with Crippen molar-refractivity contribution >= 4 is 0 Å². The monoisotopic (exact) mass is 139 g/mol. The summed E-state index contributed by atoms with van der Waals surface area (Å²) in [6.45, 7) is -0.131. The van der Waals surface area contributed by atoms with Crippen molar-refractivity contribution in [3.63, 3.8) is 0 Å². The lowest BCUT2D eigenvalue weighted by Gasteiger charge is -2.02. The largest absolute Gasteiger partial charge is 0.384 e. The lowest BCUT2D eigenvalue weighted by atomic mass is 10.5. The molecular formula is C6H9N3O. The standard InChI is InChI=1S/C6H9N3O/c7-6-8-4-5(9-6)2-1-3-10/h4,6,8-10H,3,7H2. The molecule has 0 radical (unpaired) electrons. The van der Waals surface area contributed by atoms with Gasteiger partial charge in [-0.3, -0.25) is 5.73 Å². The molecule has 0 aromatic rings. The molecule has 10 heavy (non-hydrogen) atoms. The molecule has 54 valence electrons. The van der Waals surface area contributed by atoms with Crippen LogP contribution in [0.4, 0.5) is 0 Å². The molecule has 1 rings (SSSR count). The molecule has 0 bridgehead atoms. The SMILES string of the molecule is NC1NC=C(C#CCO)N1. The van der Waals surface area contributed by atoms with E-state index in [1.54, 1.807) is 6.20 Å². The van der Waals surface area contributed by atoms with Gasteiger partial charge in [0.05, 0.1) is 0 Å². The van der Waals surface area contributed by atoms with Crippen molar-refractivity contribution in [2.45, 2.75) is 6.29 Å². The third kappa shape index (κ3) is 1.65. The van der Waals surface area contributed by atoms with E-state index in [1.807, 2.05) is 0 Å². The van der Waals surface area contributed by atoms with Crippen LogP contribution in [-0.4, -0.2) is 18.0 Å². The summed E-state index contributed by atoms with van der Waals surface area (Å²) in [6, 6.07) is 0. The van der Waals surface area contributed by atoms with E-state index in [4.69, 9.17) is 10.8 Å². The number of aliphatic hydroxyl groups excluding tert-OH is 1. The fourth-order valence-electron chi connectivity index (χ4n) is 0.631. The maximum atomic E-state index is 8.31. The summed E-state index contributed by atoms with van der Waals surface area (Å²) in [5.41, 5.74) is 6.10. The molecule has 0 aliphatic carbocycles. The van der Waals surface area contributed by atoms with E-state index in [0.717, 1.165) is 0 Å². The lowest BCUT2D eigenvalue weighted by molar-refractivity contribution is 0.350. The highest BCUT2D eigenvalue weighted by Gasteiger charge is 2.05. The quantitative estimate of drug-likeness (QED) is 0.301. The second-order valence-corrected chi connectivity index (χ2v) is 1.81. The predicted molar refractivity (Wildman–Crippen MR) is 37.2 cm³/mol. The van der Waals surface area contributed by atoms with E-state index in [0.29, 0.717) is 5.70 Å². The zero-order valence-corrected chi connectivity index (χ0v) is 5.39. The first-order chi connectivity index (χ1) is 4.83. The first-order valence-electron chi connectivity index (χ1n) is 2.91. The molecule has 0 aromatic carbocycles. The van der Waals surface area contributed by atoms with Crippen LogP contribution < -0.4 is 16.4 Å². The third-order valence-corrected chi connectivity index (χ3v) is 1.02. The van der Waals surface area contributed by atoms with Crippen molar-refractivity contribution in [2.24, 2.45) is 5.73 Å². The van der Waals surface area contributed by atoms with Gasteiger partial charge in [-0.15, -0.1) is 0 Å². The molecule has 5 N–H and O–H groups in total. The molecule has 4 nitrogen and oxygen atoms in total. The molecule has 0 aromatic heterocycles. The van der Waals surface area contributed by atoms with Gasteiger partial charge in [0.2, 0.25) is 0 Å². The van der Waals surface area contributed by atoms with Crippen LogP contribution in [0.15, 0.2) is 11.9 Å². The zero-order valence-electron chi connectivity index (χ0n) is 5.39. The zero-order chi connectivity index (χ0) is 7.40. The van der Waals surface area contributed by atoms with Gasteiger partial charge >= 0.3 is 0 Å². The van der Waals surface area contributed by atoms with Crippen LogP contribution >= 0.6 is 0 Å². The molecule has 0 fully saturated rings. The minimum absolute atomic E-state index is 0.131. The summed E-state index contributed by atoms with van der Waals surface area (Å²) in [7, 11) is 0. The van der Waals surface area contributed by atoms with Gasteiger partial charge in [-0.25, -0.2) is 0 Å². The highest BCUT2D eigenvalue weighted by molar-refractivity contribution is 5.29. The van der Waals surface area contributed by atoms with Crippen LogP contribution in [0.2, 0.25) is 0 Å². The van der Waals surface area contributed by atoms with Crippen molar-refractivity contribution in [1.29, 1.82) is 0 Å². The van der Waals surface area contributed by atoms with E-state index in [9.17, 15) is 0 Å². The maximum Gasteiger partial charge on any atom is 0.150 e. The molecule has 4 heteroatoms. The molecule has 1 aliphatic rings. The number of allylic oxidation sites excluding steroid dienone is 1. The smallest absolute Gasteiger partial charge is 0.150 e. The van der Waals surface area contributed by atoms with Crippen LogP contribution in [-0.2, 0) is 0 Å². The molecule has 1 heterocycles. The highest BCUT2D eigenvalue weighted by Crippen LogP contribution is 1.90. The summed E-state index contributed by atoms with van der Waals surface area (Å²) in [5.74, 6) is 5.16. The summed E-state index contributed by atoms with van der Waals surface area (Å²) < 4.78 is 0. The number of nitrogens with two attached hydrogens (primary N) is 1. The molecule has 0 spiro atoms. The molecule has 1 aliphatic heterocycles. The molecule has 0 saturated carbocycles. The van der Waals surface area contributed by atoms with Crippen molar-refractivity contribution < 1.29 is 5.11 Å². The van der Waals surface area contributed by atoms with Crippen LogP contribution in [0.5, 0.6) is 0 Å². The van der Waals surface area contributed by atoms with Gasteiger partial charge in [0, 0.05) is 6.20 Å². The molecular weight excluding hydrogens is 130 g/mol. The number of aliphatic hydroxyl groups is 1. The predicted octanol–water partition coefficient (Wildman–Crippen LogP) is -1.74. The van der Waals surface area contributed by atoms with Gasteiger partial charge in [-0.2, -0.15) is 0 Å². The Labute approximate surface area is 59.1 Å². The van der Waals surface area contributed by atoms with Crippen LogP contribution in [0, 0.1) is 11.8 Å². The summed E-state index contributed by atoms with van der Waals surface area (Å²) >= 11 is 0. The van der Waals surface area contributed by atoms with Gasteiger partial charge in [0.15, 0.2) is 6.29 Å². The first-order valence-corrected chi connectivity index (χ1v) is 2.91. The van der Waals surface area contributed by atoms with Crippen LogP contribution in [0.25, 0.3) is 0 Å². The lowest BCUT2D eigenvalue weighted by Crippen LogP contribution is -2.40. The molecule has 1 unspecified atom stereocenters. The Morgan fingerprint density at radius 2 is 2.60 bits per heavy atom. The van der Waals surface area contributed by atoms with Gasteiger partial charge in [0.1, 0.15) is 12.3 Å². The maximum absolute atomic E-state index is 8.31. The van der Waals surface area contributed by atoms with Crippen molar-refractivity contribution in [3.8, 4) is 11.8 Å². The Bertz CT molecular complexity index is 201. The summed E-state index contributed by atoms with van der Waals surface area (Å²) in [6.07, 6.45) is 1.43. The van der Waals surface area contributed by atoms with E-state index in [2.05, 4.69) is 22.5 Å². The molecule has 0 saturated heterocycles. The van der Waals surface area contributed by atoms with Gasteiger partial charge in [-0.05, 0) is 5.92 Å². The minimum Gasteiger partial charge on any atom is -0.384 e. The molecule has 0 amide bonds. The van der Waals surface area contributed by atoms with Crippen molar-refractivity contribution in [1.82, 2.24) is 10.6 Å². The Balaban J connectivity index is 2.44. The minimum atomic E-state index is -0.247. The Morgan fingerprint density at radius 1 is 1.80 bits per heavy atom. The number of hydrogen-bond donors (Lipinski definition) is 4. The summed E-state index contributed by atoms with van der Waals surface area (Å²) in [5, 5.41) is 13.9. The van der Waals surface area contributed by atoms with Gasteiger partial charge in [0.25, 0.3) is 0 Å². The van der Waals surface area contributed by atoms with E-state index in [1.165, 1.54) is 0 Å². The average Bonchev–Trinajstić information content (AvgIpc) is 2.31. The fraction of sp³-hybridized carbons (Fsp3) is 0.333. The second-order valence-electron chi connectivity index (χ2n) is 1.81. The first kappa shape index (κ1) is 6.93. The fourth-order valence-corrected chi connectivity index (χ4v) is 0.631. The molecule has 1 atom stereocenters. The van der Waals surface area contributed by atoms with E-state index >= 15 is 0 Å².